The molecule has 0 radical (unpaired) electrons. The van der Waals surface area contributed by atoms with Gasteiger partial charge in [-0.2, -0.15) is 5.10 Å². The van der Waals surface area contributed by atoms with Crippen molar-refractivity contribution in [3.8, 4) is 16.3 Å². The van der Waals surface area contributed by atoms with Crippen molar-refractivity contribution in [2.24, 2.45) is 7.05 Å². The minimum absolute atomic E-state index is 0.198. The number of ether oxygens (including phenoxy) is 1. The van der Waals surface area contributed by atoms with Crippen LogP contribution >= 0.6 is 11.3 Å². The van der Waals surface area contributed by atoms with E-state index in [-0.39, 0.29) is 5.91 Å². The Morgan fingerprint density at radius 1 is 1.32 bits per heavy atom. The molecule has 2 aromatic heterocycles. The maximum absolute atomic E-state index is 12.2. The van der Waals surface area contributed by atoms with Crippen LogP contribution in [0.2, 0.25) is 0 Å². The highest BCUT2D eigenvalue weighted by Gasteiger charge is 2.12. The maximum atomic E-state index is 12.2. The zero-order chi connectivity index (χ0) is 17.8. The van der Waals surface area contributed by atoms with Gasteiger partial charge >= 0.3 is 0 Å². The Morgan fingerprint density at radius 3 is 2.76 bits per heavy atom. The van der Waals surface area contributed by atoms with Crippen LogP contribution in [0.4, 0.5) is 0 Å². The van der Waals surface area contributed by atoms with Crippen LogP contribution in [0.15, 0.2) is 36.0 Å². The molecule has 0 bridgehead atoms. The largest absolute Gasteiger partial charge is 0.491 e. The number of para-hydroxylation sites is 1. The number of benzene rings is 1. The van der Waals surface area contributed by atoms with Gasteiger partial charge in [0.15, 0.2) is 0 Å². The SMILES string of the molecule is Cc1cccc(C)c1OCCNC(=O)c1csc(-c2cnn(C)c2)n1. The lowest BCUT2D eigenvalue weighted by molar-refractivity contribution is 0.0942. The lowest BCUT2D eigenvalue weighted by Crippen LogP contribution is -2.28. The molecule has 7 heteroatoms. The second-order valence-corrected chi connectivity index (χ2v) is 6.62. The van der Waals surface area contributed by atoms with E-state index in [0.717, 1.165) is 27.4 Å². The summed E-state index contributed by atoms with van der Waals surface area (Å²) in [6, 6.07) is 6.02. The molecule has 0 saturated heterocycles. The first-order chi connectivity index (χ1) is 12.0. The first-order valence-corrected chi connectivity index (χ1v) is 8.84. The van der Waals surface area contributed by atoms with E-state index >= 15 is 0 Å². The number of nitrogens with zero attached hydrogens (tertiary/aromatic N) is 3. The van der Waals surface area contributed by atoms with E-state index < -0.39 is 0 Å². The topological polar surface area (TPSA) is 69.0 Å². The average Bonchev–Trinajstić information content (AvgIpc) is 3.22. The van der Waals surface area contributed by atoms with Gasteiger partial charge in [0.25, 0.3) is 5.91 Å². The summed E-state index contributed by atoms with van der Waals surface area (Å²) < 4.78 is 7.50. The Bertz CT molecular complexity index is 865. The lowest BCUT2D eigenvalue weighted by atomic mass is 10.1. The predicted molar refractivity (Wildman–Crippen MR) is 98.1 cm³/mol. The Hall–Kier alpha value is -2.67. The smallest absolute Gasteiger partial charge is 0.270 e. The van der Waals surface area contributed by atoms with Crippen molar-refractivity contribution in [1.29, 1.82) is 0 Å². The molecule has 3 aromatic rings. The molecule has 6 nitrogen and oxygen atoms in total. The van der Waals surface area contributed by atoms with E-state index in [1.165, 1.54) is 11.3 Å². The van der Waals surface area contributed by atoms with Crippen LogP contribution in [-0.4, -0.2) is 33.8 Å². The molecule has 0 saturated carbocycles. The van der Waals surface area contributed by atoms with Crippen molar-refractivity contribution < 1.29 is 9.53 Å². The van der Waals surface area contributed by atoms with Gasteiger partial charge in [-0.25, -0.2) is 4.98 Å². The van der Waals surface area contributed by atoms with E-state index in [1.54, 1.807) is 16.3 Å². The maximum Gasteiger partial charge on any atom is 0.270 e. The average molecular weight is 356 g/mol. The van der Waals surface area contributed by atoms with Crippen molar-refractivity contribution in [3.05, 3.63) is 52.8 Å². The van der Waals surface area contributed by atoms with Crippen LogP contribution in [0.3, 0.4) is 0 Å². The van der Waals surface area contributed by atoms with Gasteiger partial charge in [0.1, 0.15) is 23.1 Å². The van der Waals surface area contributed by atoms with Crippen LogP contribution in [-0.2, 0) is 7.05 Å². The third kappa shape index (κ3) is 4.06. The van der Waals surface area contributed by atoms with Crippen LogP contribution in [0.25, 0.3) is 10.6 Å². The Balaban J connectivity index is 1.52. The van der Waals surface area contributed by atoms with Gasteiger partial charge in [0.2, 0.25) is 0 Å². The molecule has 0 aliphatic carbocycles. The summed E-state index contributed by atoms with van der Waals surface area (Å²) in [5.41, 5.74) is 3.50. The van der Waals surface area contributed by atoms with Crippen LogP contribution in [0, 0.1) is 13.8 Å². The van der Waals surface area contributed by atoms with Crippen molar-refractivity contribution in [3.63, 3.8) is 0 Å². The highest BCUT2D eigenvalue weighted by molar-refractivity contribution is 7.13. The summed E-state index contributed by atoms with van der Waals surface area (Å²) >= 11 is 1.43. The number of amides is 1. The number of carbonyl (C=O) groups excluding carboxylic acids is 1. The molecular weight excluding hydrogens is 336 g/mol. The normalized spacial score (nSPS) is 10.7. The number of rotatable bonds is 6. The molecule has 0 fully saturated rings. The predicted octanol–water partition coefficient (Wildman–Crippen LogP) is 2.97. The molecular formula is C18H20N4O2S. The van der Waals surface area contributed by atoms with Gasteiger partial charge in [-0.1, -0.05) is 18.2 Å². The standard InChI is InChI=1S/C18H20N4O2S/c1-12-5-4-6-13(2)16(12)24-8-7-19-17(23)15-11-25-18(21-15)14-9-20-22(3)10-14/h4-6,9-11H,7-8H2,1-3H3,(H,19,23). The molecule has 2 heterocycles. The molecule has 0 aliphatic heterocycles. The highest BCUT2D eigenvalue weighted by atomic mass is 32.1. The molecule has 130 valence electrons. The van der Waals surface area contributed by atoms with Gasteiger partial charge in [0, 0.05) is 24.2 Å². The zero-order valence-electron chi connectivity index (χ0n) is 14.4. The number of thiazole rings is 1. The number of aromatic nitrogens is 3. The van der Waals surface area contributed by atoms with E-state index in [1.807, 2.05) is 45.3 Å². The Kier molecular flexibility index (Phi) is 5.14. The van der Waals surface area contributed by atoms with E-state index in [9.17, 15) is 4.79 Å². The molecule has 0 spiro atoms. The molecule has 25 heavy (non-hydrogen) atoms. The van der Waals surface area contributed by atoms with Crippen molar-refractivity contribution in [1.82, 2.24) is 20.1 Å². The van der Waals surface area contributed by atoms with Crippen molar-refractivity contribution in [2.75, 3.05) is 13.2 Å². The fraction of sp³-hybridized carbons (Fsp3) is 0.278. The number of aryl methyl sites for hydroxylation is 3. The Labute approximate surface area is 150 Å². The molecule has 0 atom stereocenters. The zero-order valence-corrected chi connectivity index (χ0v) is 15.3. The monoisotopic (exact) mass is 356 g/mol. The second kappa shape index (κ2) is 7.48. The molecule has 1 aromatic carbocycles. The van der Waals surface area contributed by atoms with E-state index in [0.29, 0.717) is 18.8 Å². The van der Waals surface area contributed by atoms with Crippen molar-refractivity contribution >= 4 is 17.2 Å². The lowest BCUT2D eigenvalue weighted by Gasteiger charge is -2.12. The van der Waals surface area contributed by atoms with Gasteiger partial charge in [-0.05, 0) is 25.0 Å². The van der Waals surface area contributed by atoms with Gasteiger partial charge < -0.3 is 10.1 Å². The van der Waals surface area contributed by atoms with Crippen LogP contribution in [0.5, 0.6) is 5.75 Å². The minimum Gasteiger partial charge on any atom is -0.491 e. The quantitative estimate of drug-likeness (QED) is 0.690. The van der Waals surface area contributed by atoms with Gasteiger partial charge in [0.05, 0.1) is 12.7 Å². The summed E-state index contributed by atoms with van der Waals surface area (Å²) in [7, 11) is 1.85. The fourth-order valence-electron chi connectivity index (χ4n) is 2.48. The molecule has 1 N–H and O–H groups in total. The van der Waals surface area contributed by atoms with E-state index in [2.05, 4.69) is 15.4 Å². The van der Waals surface area contributed by atoms with Gasteiger partial charge in [-0.3, -0.25) is 9.48 Å². The first kappa shape index (κ1) is 17.2. The summed E-state index contributed by atoms with van der Waals surface area (Å²) in [4.78, 5) is 16.6. The summed E-state index contributed by atoms with van der Waals surface area (Å²) in [5, 5.41) is 9.49. The number of hydrogen-bond donors (Lipinski definition) is 1. The molecule has 3 rings (SSSR count). The Morgan fingerprint density at radius 2 is 2.08 bits per heavy atom. The number of nitrogens with one attached hydrogen (secondary N) is 1. The third-order valence-electron chi connectivity index (χ3n) is 3.73. The molecule has 1 amide bonds. The minimum atomic E-state index is -0.198. The summed E-state index contributed by atoms with van der Waals surface area (Å²) in [6.45, 7) is 4.86. The molecule has 0 unspecified atom stereocenters. The van der Waals surface area contributed by atoms with Crippen LogP contribution in [0.1, 0.15) is 21.6 Å². The van der Waals surface area contributed by atoms with E-state index in [4.69, 9.17) is 4.74 Å². The third-order valence-corrected chi connectivity index (χ3v) is 4.62. The highest BCUT2D eigenvalue weighted by Crippen LogP contribution is 2.23. The number of carbonyl (C=O) groups is 1. The first-order valence-electron chi connectivity index (χ1n) is 7.96. The fourth-order valence-corrected chi connectivity index (χ4v) is 3.25. The van der Waals surface area contributed by atoms with Crippen LogP contribution < -0.4 is 10.1 Å². The van der Waals surface area contributed by atoms with Gasteiger partial charge in [-0.15, -0.1) is 11.3 Å². The van der Waals surface area contributed by atoms with Crippen molar-refractivity contribution in [2.45, 2.75) is 13.8 Å². The summed E-state index contributed by atoms with van der Waals surface area (Å²) in [5.74, 6) is 0.681. The number of hydrogen-bond acceptors (Lipinski definition) is 5. The molecule has 0 aliphatic rings. The summed E-state index contributed by atoms with van der Waals surface area (Å²) in [6.07, 6.45) is 3.61. The second-order valence-electron chi connectivity index (χ2n) is 5.77.